The van der Waals surface area contributed by atoms with Crippen LogP contribution in [-0.2, 0) is 0 Å². The van der Waals surface area contributed by atoms with E-state index in [1.54, 1.807) is 0 Å². The van der Waals surface area contributed by atoms with Gasteiger partial charge in [-0.3, -0.25) is 0 Å². The highest BCUT2D eigenvalue weighted by Crippen LogP contribution is 2.61. The van der Waals surface area contributed by atoms with Gasteiger partial charge in [-0.15, -0.1) is 11.1 Å². The Morgan fingerprint density at radius 2 is 0.742 bits per heavy atom. The highest BCUT2D eigenvalue weighted by molar-refractivity contribution is 7.93. The van der Waals surface area contributed by atoms with E-state index in [1.807, 2.05) is 0 Å². The maximum Gasteiger partial charge on any atom is 0.128 e. The van der Waals surface area contributed by atoms with Gasteiger partial charge in [-0.1, -0.05) is 146 Å². The second-order valence-corrected chi connectivity index (χ2v) is 58.1. The third kappa shape index (κ3) is 5.04. The molecule has 0 radical (unpaired) electrons. The van der Waals surface area contributed by atoms with Crippen LogP contribution in [0.2, 0.25) is 72.5 Å². The van der Waals surface area contributed by atoms with Crippen molar-refractivity contribution in [1.29, 1.82) is 0 Å². The van der Waals surface area contributed by atoms with Crippen molar-refractivity contribution in [3.05, 3.63) is 0 Å². The van der Waals surface area contributed by atoms with Crippen LogP contribution in [0.25, 0.3) is 0 Å². The van der Waals surface area contributed by atoms with E-state index in [2.05, 4.69) is 140 Å². The molecule has 0 amide bonds. The van der Waals surface area contributed by atoms with Gasteiger partial charge >= 0.3 is 0 Å². The number of hydrogen-bond donors (Lipinski definition) is 0. The first kappa shape index (κ1) is 31.6. The molecule has 0 aromatic heterocycles. The summed E-state index contributed by atoms with van der Waals surface area (Å²) in [5.74, 6) is 0. The maximum atomic E-state index is 4.59. The molecule has 31 heavy (non-hydrogen) atoms. The van der Waals surface area contributed by atoms with Crippen LogP contribution in [0, 0.1) is 11.1 Å². The average Bonchev–Trinajstić information content (AvgIpc) is 2.45. The van der Waals surface area contributed by atoms with Crippen LogP contribution in [0.3, 0.4) is 0 Å². The van der Waals surface area contributed by atoms with Gasteiger partial charge in [0.15, 0.2) is 0 Å². The van der Waals surface area contributed by atoms with Gasteiger partial charge in [0.1, 0.15) is 14.7 Å². The maximum absolute atomic E-state index is 4.59. The molecule has 0 spiro atoms. The zero-order chi connectivity index (χ0) is 25.6. The summed E-state index contributed by atoms with van der Waals surface area (Å²) in [6.45, 7) is 47.9. The summed E-state index contributed by atoms with van der Waals surface area (Å²) in [4.78, 5) is 0. The van der Waals surface area contributed by atoms with Gasteiger partial charge in [-0.05, 0) is 10.1 Å². The number of rotatable bonds is 6. The van der Waals surface area contributed by atoms with Gasteiger partial charge in [-0.2, -0.15) is 0 Å². The zero-order valence-electron chi connectivity index (χ0n) is 25.2. The van der Waals surface area contributed by atoms with Crippen molar-refractivity contribution < 1.29 is 0 Å². The fourth-order valence-corrected chi connectivity index (χ4v) is 115. The first-order valence-corrected chi connectivity index (χ1v) is 29.6. The molecule has 0 bridgehead atoms. The van der Waals surface area contributed by atoms with Crippen molar-refractivity contribution in [2.75, 3.05) is 0 Å². The lowest BCUT2D eigenvalue weighted by Gasteiger charge is -2.69. The van der Waals surface area contributed by atoms with Crippen molar-refractivity contribution in [1.82, 2.24) is 0 Å². The Morgan fingerprint density at radius 3 is 0.903 bits per heavy atom. The highest BCUT2D eigenvalue weighted by atomic mass is 29.9. The molecule has 0 atom stereocenters. The molecule has 0 saturated heterocycles. The van der Waals surface area contributed by atoms with Crippen molar-refractivity contribution in [2.45, 2.75) is 156 Å². The van der Waals surface area contributed by atoms with E-state index in [9.17, 15) is 0 Å². The molecule has 184 valence electrons. The average molecular weight is 513 g/mol. The fraction of sp³-hybridized carbons (Fsp3) is 0.923. The second kappa shape index (κ2) is 9.36. The Morgan fingerprint density at radius 1 is 0.484 bits per heavy atom. The van der Waals surface area contributed by atoms with Crippen LogP contribution in [0.1, 0.15) is 83.1 Å². The van der Waals surface area contributed by atoms with Crippen LogP contribution in [0.4, 0.5) is 0 Å². The smallest absolute Gasteiger partial charge is 0.128 e. The second-order valence-electron chi connectivity index (χ2n) is 15.4. The van der Waals surface area contributed by atoms with E-state index in [1.165, 1.54) is 0 Å². The molecular weight excluding hydrogens is 453 g/mol. The number of hydrogen-bond acceptors (Lipinski definition) is 0. The summed E-state index contributed by atoms with van der Waals surface area (Å²) < 4.78 is 0. The zero-order valence-corrected chi connectivity index (χ0v) is 30.2. The van der Waals surface area contributed by atoms with Gasteiger partial charge in [0.2, 0.25) is 0 Å². The lowest BCUT2D eigenvalue weighted by Crippen LogP contribution is -2.91. The van der Waals surface area contributed by atoms with Crippen molar-refractivity contribution >= 4 is 37.5 Å². The molecule has 5 heteroatoms. The lowest BCUT2D eigenvalue weighted by atomic mass is 10.2. The molecule has 0 N–H and O–H groups in total. The van der Waals surface area contributed by atoms with E-state index in [-0.39, 0.29) is 0 Å². The molecule has 0 saturated carbocycles. The van der Waals surface area contributed by atoms with Gasteiger partial charge in [0.25, 0.3) is 0 Å². The molecule has 0 heterocycles. The summed E-state index contributed by atoms with van der Waals surface area (Å²) in [6, 6.07) is 0. The van der Waals surface area contributed by atoms with Crippen molar-refractivity contribution in [3.8, 4) is 11.1 Å². The Hall–Kier alpha value is 0.644. The monoisotopic (exact) mass is 512 g/mol. The van der Waals surface area contributed by atoms with Crippen LogP contribution in [0.5, 0.6) is 0 Å². The Bertz CT molecular complexity index is 620. The normalized spacial score (nSPS) is 15.5. The van der Waals surface area contributed by atoms with Crippen LogP contribution >= 0.6 is 0 Å². The quantitative estimate of drug-likeness (QED) is 0.245. The minimum absolute atomic E-state index is 0.375. The van der Waals surface area contributed by atoms with Gasteiger partial charge in [0.05, 0.1) is 22.8 Å². The summed E-state index contributed by atoms with van der Waals surface area (Å²) in [5.41, 5.74) is 11.1. The topological polar surface area (TPSA) is 0 Å². The molecule has 0 aliphatic heterocycles. The highest BCUT2D eigenvalue weighted by Gasteiger charge is 2.75. The standard InChI is InChI=1S/C26H60Si5/c1-22(2)31(23(3)4,24(5)6)30(21-20-27(13,14)15,28(16,17)25(7,8)9)29(18,19)26(10,11)12/h22-24H,1-19H3. The van der Waals surface area contributed by atoms with Gasteiger partial charge in [0, 0.05) is 0 Å². The Labute approximate surface area is 203 Å². The van der Waals surface area contributed by atoms with Gasteiger partial charge < -0.3 is 0 Å². The van der Waals surface area contributed by atoms with Crippen molar-refractivity contribution in [2.24, 2.45) is 0 Å². The van der Waals surface area contributed by atoms with E-state index in [4.69, 9.17) is 0 Å². The minimum Gasteiger partial charge on any atom is -0.147 e. The van der Waals surface area contributed by atoms with E-state index < -0.39 is 37.5 Å². The van der Waals surface area contributed by atoms with E-state index >= 15 is 0 Å². The SMILES string of the molecule is CC(C)[Si](C(C)C)(C(C)C)[Si](C#C[Si](C)(C)C)([Si](C)(C)C(C)(C)C)[Si](C)(C)C(C)(C)C. The molecule has 0 aromatic rings. The molecule has 0 aromatic carbocycles. The predicted octanol–water partition coefficient (Wildman–Crippen LogP) is 9.79. The largest absolute Gasteiger partial charge is 0.147 e. The fourth-order valence-electron chi connectivity index (χ4n) is 6.99. The summed E-state index contributed by atoms with van der Waals surface area (Å²) in [5, 5.41) is 0.750. The lowest BCUT2D eigenvalue weighted by molar-refractivity contribution is 0.725. The third-order valence-corrected chi connectivity index (χ3v) is 85.9. The molecule has 0 unspecified atom stereocenters. The Kier molecular flexibility index (Phi) is 9.55. The third-order valence-electron chi connectivity index (χ3n) is 9.77. The molecule has 0 nitrogen and oxygen atoms in total. The van der Waals surface area contributed by atoms with Crippen LogP contribution in [0.15, 0.2) is 0 Å². The van der Waals surface area contributed by atoms with Crippen LogP contribution < -0.4 is 0 Å². The first-order chi connectivity index (χ1) is 13.3. The molecule has 0 fully saturated rings. The van der Waals surface area contributed by atoms with E-state index in [0.29, 0.717) is 10.1 Å². The van der Waals surface area contributed by atoms with Gasteiger partial charge in [-0.25, -0.2) is 0 Å². The minimum atomic E-state index is -2.01. The molecule has 0 aliphatic rings. The summed E-state index contributed by atoms with van der Waals surface area (Å²) in [6.07, 6.45) is 0. The summed E-state index contributed by atoms with van der Waals surface area (Å²) in [7, 11) is -6.76. The van der Waals surface area contributed by atoms with Crippen molar-refractivity contribution in [3.63, 3.8) is 0 Å². The summed E-state index contributed by atoms with van der Waals surface area (Å²) >= 11 is 0. The first-order valence-electron chi connectivity index (χ1n) is 12.8. The Balaban J connectivity index is 8.43. The van der Waals surface area contributed by atoms with Crippen LogP contribution in [-0.4, -0.2) is 37.5 Å². The van der Waals surface area contributed by atoms with E-state index in [0.717, 1.165) is 16.6 Å². The molecule has 0 rings (SSSR count). The molecule has 0 aliphatic carbocycles. The predicted molar refractivity (Wildman–Crippen MR) is 162 cm³/mol. The molecular formula is C26H60Si5.